The lowest BCUT2D eigenvalue weighted by molar-refractivity contribution is -0.123. The fraction of sp³-hybridized carbons (Fsp3) is 0.833. The van der Waals surface area contributed by atoms with Crippen LogP contribution < -0.4 is 11.1 Å². The minimum atomic E-state index is -0.904. The summed E-state index contributed by atoms with van der Waals surface area (Å²) in [6, 6.07) is -0.904. The molecule has 0 saturated carbocycles. The van der Waals surface area contributed by atoms with Crippen LogP contribution >= 0.6 is 0 Å². The number of carbonyl (C=O) groups excluding carboxylic acids is 2. The number of hydrogen-bond acceptors (Lipinski definition) is 4. The number of carbonyl (C=O) groups is 2. The highest BCUT2D eigenvalue weighted by atomic mass is 16.6. The van der Waals surface area contributed by atoms with Gasteiger partial charge in [-0.3, -0.25) is 4.79 Å². The number of nitrogens with one attached hydrogen (secondary N) is 1. The maximum absolute atomic E-state index is 11.5. The van der Waals surface area contributed by atoms with Gasteiger partial charge in [0.15, 0.2) is 0 Å². The van der Waals surface area contributed by atoms with Crippen molar-refractivity contribution in [1.82, 2.24) is 5.32 Å². The molecular weight excluding hydrogens is 236 g/mol. The number of hydrogen-bond donors (Lipinski definition) is 2. The number of rotatable bonds is 4. The molecule has 18 heavy (non-hydrogen) atoms. The smallest absolute Gasteiger partial charge is 0.408 e. The van der Waals surface area contributed by atoms with Crippen molar-refractivity contribution in [2.75, 3.05) is 6.61 Å². The Labute approximate surface area is 108 Å². The Kier molecular flexibility index (Phi) is 5.60. The maximum Gasteiger partial charge on any atom is 0.408 e. The summed E-state index contributed by atoms with van der Waals surface area (Å²) in [5.41, 5.74) is 4.15. The molecule has 0 aliphatic rings. The average Bonchev–Trinajstić information content (AvgIpc) is 2.06. The SMILES string of the molecule is CC(C)(C)OC[C@H](NC(=O)OC(C)(C)C)C(N)=O. The van der Waals surface area contributed by atoms with E-state index in [1.54, 1.807) is 20.8 Å². The van der Waals surface area contributed by atoms with Crippen LogP contribution in [0.4, 0.5) is 4.79 Å². The van der Waals surface area contributed by atoms with Gasteiger partial charge in [0.2, 0.25) is 5.91 Å². The van der Waals surface area contributed by atoms with Crippen molar-refractivity contribution >= 4 is 12.0 Å². The van der Waals surface area contributed by atoms with Gasteiger partial charge in [-0.1, -0.05) is 0 Å². The van der Waals surface area contributed by atoms with Crippen molar-refractivity contribution in [2.45, 2.75) is 58.8 Å². The predicted molar refractivity (Wildman–Crippen MR) is 68.1 cm³/mol. The Morgan fingerprint density at radius 3 is 1.94 bits per heavy atom. The quantitative estimate of drug-likeness (QED) is 0.794. The molecule has 106 valence electrons. The van der Waals surface area contributed by atoms with Gasteiger partial charge in [-0.15, -0.1) is 0 Å². The van der Waals surface area contributed by atoms with Crippen LogP contribution in [0.5, 0.6) is 0 Å². The third kappa shape index (κ3) is 8.81. The summed E-state index contributed by atoms with van der Waals surface area (Å²) in [7, 11) is 0. The van der Waals surface area contributed by atoms with Gasteiger partial charge < -0.3 is 20.5 Å². The van der Waals surface area contributed by atoms with Gasteiger partial charge in [-0.25, -0.2) is 4.79 Å². The van der Waals surface area contributed by atoms with E-state index in [-0.39, 0.29) is 6.61 Å². The van der Waals surface area contributed by atoms with E-state index in [0.29, 0.717) is 0 Å². The first-order chi connectivity index (χ1) is 7.91. The Bertz CT molecular complexity index is 302. The molecule has 0 fully saturated rings. The monoisotopic (exact) mass is 260 g/mol. The van der Waals surface area contributed by atoms with Crippen LogP contribution in [0.15, 0.2) is 0 Å². The second-order valence-corrected chi connectivity index (χ2v) is 6.02. The van der Waals surface area contributed by atoms with E-state index in [1.807, 2.05) is 20.8 Å². The molecule has 2 amide bonds. The molecule has 0 aliphatic heterocycles. The molecule has 0 spiro atoms. The Hall–Kier alpha value is -1.30. The second-order valence-electron chi connectivity index (χ2n) is 6.02. The van der Waals surface area contributed by atoms with Crippen molar-refractivity contribution in [2.24, 2.45) is 5.73 Å². The molecule has 3 N–H and O–H groups in total. The summed E-state index contributed by atoms with van der Waals surface area (Å²) >= 11 is 0. The van der Waals surface area contributed by atoms with Crippen molar-refractivity contribution < 1.29 is 19.1 Å². The number of amides is 2. The molecule has 0 aromatic carbocycles. The standard InChI is InChI=1S/C12H24N2O4/c1-11(2,3)17-7-8(9(13)15)14-10(16)18-12(4,5)6/h8H,7H2,1-6H3,(H2,13,15)(H,14,16)/t8-/m0/s1. The number of primary amides is 1. The lowest BCUT2D eigenvalue weighted by Gasteiger charge is -2.25. The molecular formula is C12H24N2O4. The van der Waals surface area contributed by atoms with E-state index >= 15 is 0 Å². The predicted octanol–water partition coefficient (Wildman–Crippen LogP) is 1.18. The fourth-order valence-electron chi connectivity index (χ4n) is 0.978. The highest BCUT2D eigenvalue weighted by molar-refractivity contribution is 5.84. The third-order valence-corrected chi connectivity index (χ3v) is 1.72. The van der Waals surface area contributed by atoms with Crippen LogP contribution in [0, 0.1) is 0 Å². The molecule has 0 bridgehead atoms. The van der Waals surface area contributed by atoms with Crippen molar-refractivity contribution in [3.8, 4) is 0 Å². The van der Waals surface area contributed by atoms with Crippen molar-refractivity contribution in [3.05, 3.63) is 0 Å². The normalized spacial score (nSPS) is 13.9. The molecule has 0 unspecified atom stereocenters. The maximum atomic E-state index is 11.5. The minimum absolute atomic E-state index is 0.0120. The number of alkyl carbamates (subject to hydrolysis) is 1. The first kappa shape index (κ1) is 16.7. The second kappa shape index (κ2) is 6.04. The summed E-state index contributed by atoms with van der Waals surface area (Å²) in [5, 5.41) is 2.38. The Morgan fingerprint density at radius 1 is 1.11 bits per heavy atom. The van der Waals surface area contributed by atoms with Crippen LogP contribution in [0.25, 0.3) is 0 Å². The molecule has 0 aromatic rings. The highest BCUT2D eigenvalue weighted by Crippen LogP contribution is 2.09. The molecule has 0 saturated heterocycles. The van der Waals surface area contributed by atoms with E-state index in [2.05, 4.69) is 5.32 Å². The average molecular weight is 260 g/mol. The molecule has 0 radical (unpaired) electrons. The van der Waals surface area contributed by atoms with Crippen LogP contribution in [0.1, 0.15) is 41.5 Å². The summed E-state index contributed by atoms with van der Waals surface area (Å²) in [6.45, 7) is 10.8. The largest absolute Gasteiger partial charge is 0.444 e. The molecule has 6 heteroatoms. The molecule has 6 nitrogen and oxygen atoms in total. The lowest BCUT2D eigenvalue weighted by atomic mass is 10.2. The van der Waals surface area contributed by atoms with Gasteiger partial charge in [-0.05, 0) is 41.5 Å². The number of nitrogens with two attached hydrogens (primary N) is 1. The van der Waals surface area contributed by atoms with Gasteiger partial charge in [0.05, 0.1) is 12.2 Å². The first-order valence-corrected chi connectivity index (χ1v) is 5.83. The molecule has 1 atom stereocenters. The molecule has 0 aliphatic carbocycles. The van der Waals surface area contributed by atoms with Crippen molar-refractivity contribution in [3.63, 3.8) is 0 Å². The van der Waals surface area contributed by atoms with Gasteiger partial charge in [0.1, 0.15) is 11.6 Å². The topological polar surface area (TPSA) is 90.7 Å². The van der Waals surface area contributed by atoms with Gasteiger partial charge >= 0.3 is 6.09 Å². The number of ether oxygens (including phenoxy) is 2. The van der Waals surface area contributed by atoms with E-state index in [0.717, 1.165) is 0 Å². The van der Waals surface area contributed by atoms with E-state index < -0.39 is 29.2 Å². The Balaban J connectivity index is 4.37. The van der Waals surface area contributed by atoms with E-state index in [4.69, 9.17) is 15.2 Å². The van der Waals surface area contributed by atoms with Crippen LogP contribution in [-0.4, -0.2) is 35.9 Å². The van der Waals surface area contributed by atoms with Gasteiger partial charge in [-0.2, -0.15) is 0 Å². The zero-order chi connectivity index (χ0) is 14.6. The summed E-state index contributed by atoms with van der Waals surface area (Å²) in [4.78, 5) is 22.7. The highest BCUT2D eigenvalue weighted by Gasteiger charge is 2.24. The van der Waals surface area contributed by atoms with Crippen LogP contribution in [0.2, 0.25) is 0 Å². The summed E-state index contributed by atoms with van der Waals surface area (Å²) < 4.78 is 10.4. The van der Waals surface area contributed by atoms with E-state index in [1.165, 1.54) is 0 Å². The third-order valence-electron chi connectivity index (χ3n) is 1.72. The van der Waals surface area contributed by atoms with Gasteiger partial charge in [0.25, 0.3) is 0 Å². The van der Waals surface area contributed by atoms with E-state index in [9.17, 15) is 9.59 Å². The zero-order valence-electron chi connectivity index (χ0n) is 12.0. The molecule has 0 heterocycles. The van der Waals surface area contributed by atoms with Crippen molar-refractivity contribution in [1.29, 1.82) is 0 Å². The Morgan fingerprint density at radius 2 is 1.61 bits per heavy atom. The van der Waals surface area contributed by atoms with Gasteiger partial charge in [0, 0.05) is 0 Å². The fourth-order valence-corrected chi connectivity index (χ4v) is 0.978. The van der Waals surface area contributed by atoms with Crippen LogP contribution in [0.3, 0.4) is 0 Å². The first-order valence-electron chi connectivity index (χ1n) is 5.83. The van der Waals surface area contributed by atoms with Crippen LogP contribution in [-0.2, 0) is 14.3 Å². The zero-order valence-corrected chi connectivity index (χ0v) is 12.0. The molecule has 0 rings (SSSR count). The minimum Gasteiger partial charge on any atom is -0.444 e. The lowest BCUT2D eigenvalue weighted by Crippen LogP contribution is -2.49. The summed E-state index contributed by atoms with van der Waals surface area (Å²) in [6.07, 6.45) is -0.691. The molecule has 0 aromatic heterocycles. The summed E-state index contributed by atoms with van der Waals surface area (Å²) in [5.74, 6) is -0.662.